The van der Waals surface area contributed by atoms with Gasteiger partial charge in [-0.15, -0.1) is 22.7 Å². The number of nitrogens with zero attached hydrogens (tertiary/aromatic N) is 1. The van der Waals surface area contributed by atoms with Crippen molar-refractivity contribution in [2.24, 2.45) is 0 Å². The number of carbonyl (C=O) groups is 3. The second-order valence-corrected chi connectivity index (χ2v) is 9.28. The Morgan fingerprint density at radius 2 is 1.89 bits per heavy atom. The van der Waals surface area contributed by atoms with Crippen molar-refractivity contribution in [1.29, 1.82) is 0 Å². The van der Waals surface area contributed by atoms with Crippen LogP contribution >= 0.6 is 22.7 Å². The molecule has 3 heterocycles. The lowest BCUT2D eigenvalue weighted by molar-refractivity contribution is -0.125. The van der Waals surface area contributed by atoms with E-state index in [0.717, 1.165) is 25.7 Å². The zero-order valence-electron chi connectivity index (χ0n) is 15.5. The Kier molecular flexibility index (Phi) is 5.77. The molecular formula is C20H23N3O3S2. The van der Waals surface area contributed by atoms with Crippen molar-refractivity contribution < 1.29 is 14.4 Å². The fraction of sp³-hybridized carbons (Fsp3) is 0.450. The molecule has 2 aliphatic rings. The topological polar surface area (TPSA) is 78.5 Å². The van der Waals surface area contributed by atoms with Gasteiger partial charge in [-0.3, -0.25) is 25.2 Å². The first-order valence-corrected chi connectivity index (χ1v) is 11.4. The molecule has 4 rings (SSSR count). The Hall–Kier alpha value is -2.19. The summed E-state index contributed by atoms with van der Waals surface area (Å²) < 4.78 is 0. The molecule has 0 aromatic carbocycles. The van der Waals surface area contributed by atoms with Crippen LogP contribution in [0, 0.1) is 0 Å². The van der Waals surface area contributed by atoms with Crippen LogP contribution in [-0.2, 0) is 17.6 Å². The number of aryl methyl sites for hydroxylation is 2. The van der Waals surface area contributed by atoms with Gasteiger partial charge in [-0.2, -0.15) is 0 Å². The average Bonchev–Trinajstić information content (AvgIpc) is 3.44. The maximum Gasteiger partial charge on any atom is 0.279 e. The Morgan fingerprint density at radius 3 is 2.71 bits per heavy atom. The highest BCUT2D eigenvalue weighted by atomic mass is 32.1. The fourth-order valence-corrected chi connectivity index (χ4v) is 5.69. The number of rotatable bonds is 3. The molecule has 1 saturated heterocycles. The Bertz CT molecular complexity index is 852. The van der Waals surface area contributed by atoms with Gasteiger partial charge in [0.1, 0.15) is 6.04 Å². The van der Waals surface area contributed by atoms with Gasteiger partial charge < -0.3 is 4.90 Å². The Balaban J connectivity index is 1.36. The van der Waals surface area contributed by atoms with Crippen molar-refractivity contribution in [3.05, 3.63) is 43.8 Å². The van der Waals surface area contributed by atoms with E-state index >= 15 is 0 Å². The summed E-state index contributed by atoms with van der Waals surface area (Å²) >= 11 is 2.89. The van der Waals surface area contributed by atoms with Crippen LogP contribution in [0.25, 0.3) is 0 Å². The number of hydrogen-bond donors (Lipinski definition) is 2. The standard InChI is InChI=1S/C20H23N3O3S2/c24-18(14-7-4-10-23(14)20(26)16-9-5-11-27-16)21-22-19(25)17-12-13-6-2-1-3-8-15(13)28-17/h5,9,11-12,14H,1-4,6-8,10H2,(H,21,24)(H,22,25)/t14-/m0/s1. The first-order valence-electron chi connectivity index (χ1n) is 9.70. The third-order valence-corrected chi connectivity index (χ3v) is 7.41. The first kappa shape index (κ1) is 19.1. The van der Waals surface area contributed by atoms with E-state index in [4.69, 9.17) is 0 Å². The maximum atomic E-state index is 12.6. The van der Waals surface area contributed by atoms with Crippen LogP contribution in [0.1, 0.15) is 61.9 Å². The average molecular weight is 418 g/mol. The van der Waals surface area contributed by atoms with E-state index in [9.17, 15) is 14.4 Å². The van der Waals surface area contributed by atoms with Gasteiger partial charge in [-0.25, -0.2) is 0 Å². The molecule has 1 aliphatic heterocycles. The van der Waals surface area contributed by atoms with Crippen LogP contribution in [0.2, 0.25) is 0 Å². The predicted octanol–water partition coefficient (Wildman–Crippen LogP) is 3.14. The van der Waals surface area contributed by atoms with Crippen molar-refractivity contribution >= 4 is 40.4 Å². The van der Waals surface area contributed by atoms with Crippen LogP contribution in [-0.4, -0.2) is 35.2 Å². The molecule has 3 amide bonds. The number of amides is 3. The van der Waals surface area contributed by atoms with Crippen LogP contribution in [0.5, 0.6) is 0 Å². The summed E-state index contributed by atoms with van der Waals surface area (Å²) in [5.74, 6) is -0.754. The van der Waals surface area contributed by atoms with Gasteiger partial charge in [-0.05, 0) is 61.6 Å². The third kappa shape index (κ3) is 3.98. The summed E-state index contributed by atoms with van der Waals surface area (Å²) in [6.07, 6.45) is 7.00. The lowest BCUT2D eigenvalue weighted by Gasteiger charge is -2.23. The van der Waals surface area contributed by atoms with Gasteiger partial charge in [0, 0.05) is 11.4 Å². The Morgan fingerprint density at radius 1 is 1.04 bits per heavy atom. The molecule has 0 radical (unpaired) electrons. The molecular weight excluding hydrogens is 394 g/mol. The molecule has 0 unspecified atom stereocenters. The van der Waals surface area contributed by atoms with E-state index in [2.05, 4.69) is 10.9 Å². The lowest BCUT2D eigenvalue weighted by atomic mass is 10.1. The molecule has 2 aromatic rings. The highest BCUT2D eigenvalue weighted by Crippen LogP contribution is 2.29. The summed E-state index contributed by atoms with van der Waals surface area (Å²) in [4.78, 5) is 41.8. The summed E-state index contributed by atoms with van der Waals surface area (Å²) in [5.41, 5.74) is 6.32. The summed E-state index contributed by atoms with van der Waals surface area (Å²) in [5, 5.41) is 1.85. The van der Waals surface area contributed by atoms with E-state index in [1.54, 1.807) is 11.0 Å². The summed E-state index contributed by atoms with van der Waals surface area (Å²) in [7, 11) is 0. The molecule has 0 saturated carbocycles. The number of nitrogens with one attached hydrogen (secondary N) is 2. The van der Waals surface area contributed by atoms with Crippen molar-refractivity contribution in [3.63, 3.8) is 0 Å². The van der Waals surface area contributed by atoms with Crippen molar-refractivity contribution in [2.45, 2.75) is 51.0 Å². The fourth-order valence-electron chi connectivity index (χ4n) is 3.87. The highest BCUT2D eigenvalue weighted by molar-refractivity contribution is 7.14. The number of hydrogen-bond acceptors (Lipinski definition) is 5. The van der Waals surface area contributed by atoms with E-state index in [-0.39, 0.29) is 17.7 Å². The maximum absolute atomic E-state index is 12.6. The molecule has 1 aliphatic carbocycles. The minimum absolute atomic E-state index is 0.124. The van der Waals surface area contributed by atoms with Gasteiger partial charge in [0.15, 0.2) is 0 Å². The van der Waals surface area contributed by atoms with Crippen molar-refractivity contribution in [1.82, 2.24) is 15.8 Å². The molecule has 28 heavy (non-hydrogen) atoms. The van der Waals surface area contributed by atoms with Crippen molar-refractivity contribution in [2.75, 3.05) is 6.54 Å². The molecule has 6 nitrogen and oxygen atoms in total. The zero-order chi connectivity index (χ0) is 19.5. The van der Waals surface area contributed by atoms with Gasteiger partial charge in [-0.1, -0.05) is 12.5 Å². The summed E-state index contributed by atoms with van der Waals surface area (Å²) in [6, 6.07) is 5.00. The Labute approximate surface area is 171 Å². The van der Waals surface area contributed by atoms with Crippen LogP contribution in [0.3, 0.4) is 0 Å². The smallest absolute Gasteiger partial charge is 0.279 e. The number of hydrazine groups is 1. The van der Waals surface area contributed by atoms with Gasteiger partial charge in [0.2, 0.25) is 0 Å². The number of likely N-dealkylation sites (tertiary alicyclic amines) is 1. The first-order chi connectivity index (χ1) is 13.6. The van der Waals surface area contributed by atoms with Gasteiger partial charge in [0.25, 0.3) is 17.7 Å². The number of fused-ring (bicyclic) bond motifs is 1. The second-order valence-electron chi connectivity index (χ2n) is 7.20. The molecule has 2 aromatic heterocycles. The minimum Gasteiger partial charge on any atom is -0.326 e. The minimum atomic E-state index is -0.546. The molecule has 0 bridgehead atoms. The molecule has 0 spiro atoms. The number of thiophene rings is 2. The predicted molar refractivity (Wildman–Crippen MR) is 110 cm³/mol. The summed E-state index contributed by atoms with van der Waals surface area (Å²) in [6.45, 7) is 0.556. The quantitative estimate of drug-likeness (QED) is 0.595. The van der Waals surface area contributed by atoms with E-state index in [1.165, 1.54) is 46.0 Å². The molecule has 1 atom stereocenters. The third-order valence-electron chi connectivity index (χ3n) is 5.32. The van der Waals surface area contributed by atoms with E-state index < -0.39 is 6.04 Å². The monoisotopic (exact) mass is 417 g/mol. The zero-order valence-corrected chi connectivity index (χ0v) is 17.2. The van der Waals surface area contributed by atoms with Gasteiger partial charge in [0.05, 0.1) is 9.75 Å². The molecule has 148 valence electrons. The highest BCUT2D eigenvalue weighted by Gasteiger charge is 2.35. The van der Waals surface area contributed by atoms with Crippen molar-refractivity contribution in [3.8, 4) is 0 Å². The number of carbonyl (C=O) groups excluding carboxylic acids is 3. The second kappa shape index (κ2) is 8.45. The normalized spacial score (nSPS) is 19.0. The SMILES string of the molecule is O=C(NNC(=O)[C@@H]1CCCN1C(=O)c1cccs1)c1cc2c(s1)CCCCC2. The lowest BCUT2D eigenvalue weighted by Crippen LogP contribution is -2.51. The van der Waals surface area contributed by atoms with Crippen LogP contribution in [0.15, 0.2) is 23.6 Å². The van der Waals surface area contributed by atoms with E-state index in [1.807, 2.05) is 17.5 Å². The van der Waals surface area contributed by atoms with Gasteiger partial charge >= 0.3 is 0 Å². The largest absolute Gasteiger partial charge is 0.326 e. The molecule has 2 N–H and O–H groups in total. The van der Waals surface area contributed by atoms with Crippen LogP contribution < -0.4 is 10.9 Å². The molecule has 8 heteroatoms. The van der Waals surface area contributed by atoms with E-state index in [0.29, 0.717) is 22.7 Å². The molecule has 1 fully saturated rings. The van der Waals surface area contributed by atoms with Crippen LogP contribution in [0.4, 0.5) is 0 Å².